The molecule has 0 bridgehead atoms. The van der Waals surface area contributed by atoms with Crippen molar-refractivity contribution < 1.29 is 24.2 Å². The van der Waals surface area contributed by atoms with Crippen molar-refractivity contribution in [2.24, 2.45) is 0 Å². The molecule has 7 heteroatoms. The van der Waals surface area contributed by atoms with Crippen molar-refractivity contribution in [3.63, 3.8) is 0 Å². The van der Waals surface area contributed by atoms with Gasteiger partial charge in [-0.1, -0.05) is 37.3 Å². The zero-order valence-electron chi connectivity index (χ0n) is 19.1. The molecule has 174 valence electrons. The van der Waals surface area contributed by atoms with Crippen LogP contribution in [0.4, 0.5) is 0 Å². The first-order valence-electron chi connectivity index (χ1n) is 11.1. The van der Waals surface area contributed by atoms with Gasteiger partial charge >= 0.3 is 0 Å². The lowest BCUT2D eigenvalue weighted by Crippen LogP contribution is -2.29. The van der Waals surface area contributed by atoms with Crippen molar-refractivity contribution in [1.82, 2.24) is 9.88 Å². The summed E-state index contributed by atoms with van der Waals surface area (Å²) in [6, 6.07) is 16.9. The maximum atomic E-state index is 13.2. The zero-order chi connectivity index (χ0) is 24.1. The third kappa shape index (κ3) is 4.50. The molecule has 1 amide bonds. The first kappa shape index (κ1) is 23.0. The number of hydrogen-bond donors (Lipinski definition) is 1. The smallest absolute Gasteiger partial charge is 0.295 e. The lowest BCUT2D eigenvalue weighted by Gasteiger charge is -2.26. The summed E-state index contributed by atoms with van der Waals surface area (Å²) < 4.78 is 11.1. The van der Waals surface area contributed by atoms with Crippen LogP contribution in [0.3, 0.4) is 0 Å². The minimum Gasteiger partial charge on any atom is -0.507 e. The number of benzene rings is 2. The van der Waals surface area contributed by atoms with E-state index in [4.69, 9.17) is 9.47 Å². The van der Waals surface area contributed by atoms with E-state index in [-0.39, 0.29) is 17.9 Å². The van der Waals surface area contributed by atoms with E-state index >= 15 is 0 Å². The number of rotatable bonds is 8. The van der Waals surface area contributed by atoms with Crippen molar-refractivity contribution in [2.75, 3.05) is 13.7 Å². The Morgan fingerprint density at radius 1 is 1.06 bits per heavy atom. The fraction of sp³-hybridized carbons (Fsp3) is 0.222. The maximum Gasteiger partial charge on any atom is 0.295 e. The maximum absolute atomic E-state index is 13.2. The van der Waals surface area contributed by atoms with Gasteiger partial charge in [0.15, 0.2) is 0 Å². The van der Waals surface area contributed by atoms with E-state index in [2.05, 4.69) is 4.98 Å². The number of carbonyl (C=O) groups excluding carboxylic acids is 2. The van der Waals surface area contributed by atoms with E-state index in [1.54, 1.807) is 62.0 Å². The molecule has 1 aliphatic heterocycles. The third-order valence-electron chi connectivity index (χ3n) is 5.68. The van der Waals surface area contributed by atoms with Crippen LogP contribution in [-0.2, 0) is 16.1 Å². The molecule has 1 N–H and O–H groups in total. The van der Waals surface area contributed by atoms with Gasteiger partial charge in [-0.3, -0.25) is 14.6 Å². The monoisotopic (exact) mass is 458 g/mol. The summed E-state index contributed by atoms with van der Waals surface area (Å²) in [6.45, 7) is 2.67. The van der Waals surface area contributed by atoms with Crippen molar-refractivity contribution >= 4 is 17.4 Å². The van der Waals surface area contributed by atoms with Gasteiger partial charge in [-0.05, 0) is 42.3 Å². The fourth-order valence-electron chi connectivity index (χ4n) is 4.06. The van der Waals surface area contributed by atoms with Gasteiger partial charge in [0.1, 0.15) is 17.3 Å². The first-order valence-corrected chi connectivity index (χ1v) is 11.1. The number of nitrogens with zero attached hydrogens (tertiary/aromatic N) is 2. The Labute approximate surface area is 198 Å². The SMILES string of the molecule is CCCOc1cccc(/C(O)=C2/C(=O)C(=O)N(Cc3ccccc3OC)C2c2ccncc2)c1. The van der Waals surface area contributed by atoms with Gasteiger partial charge < -0.3 is 19.5 Å². The number of aromatic nitrogens is 1. The second-order valence-electron chi connectivity index (χ2n) is 7.90. The summed E-state index contributed by atoms with van der Waals surface area (Å²) in [5.41, 5.74) is 1.85. The van der Waals surface area contributed by atoms with E-state index in [0.29, 0.717) is 29.2 Å². The largest absolute Gasteiger partial charge is 0.507 e. The summed E-state index contributed by atoms with van der Waals surface area (Å²) in [7, 11) is 1.56. The molecule has 1 aliphatic rings. The highest BCUT2D eigenvalue weighted by molar-refractivity contribution is 6.46. The number of aliphatic hydroxyl groups excluding tert-OH is 1. The van der Waals surface area contributed by atoms with Gasteiger partial charge in [-0.15, -0.1) is 0 Å². The first-order chi connectivity index (χ1) is 16.5. The molecule has 0 aliphatic carbocycles. The molecule has 34 heavy (non-hydrogen) atoms. The van der Waals surface area contributed by atoms with E-state index in [1.165, 1.54) is 4.90 Å². The summed E-state index contributed by atoms with van der Waals surface area (Å²) in [5, 5.41) is 11.3. The lowest BCUT2D eigenvalue weighted by molar-refractivity contribution is -0.140. The van der Waals surface area contributed by atoms with Crippen molar-refractivity contribution in [2.45, 2.75) is 25.9 Å². The summed E-state index contributed by atoms with van der Waals surface area (Å²) in [6.07, 6.45) is 4.03. The van der Waals surface area contributed by atoms with Crippen LogP contribution in [0.15, 0.2) is 78.6 Å². The molecule has 0 saturated carbocycles. The number of para-hydroxylation sites is 1. The normalized spacial score (nSPS) is 17.1. The molecule has 1 fully saturated rings. The highest BCUT2D eigenvalue weighted by Gasteiger charge is 2.46. The van der Waals surface area contributed by atoms with Crippen molar-refractivity contribution in [3.05, 3.63) is 95.3 Å². The Balaban J connectivity index is 1.81. The van der Waals surface area contributed by atoms with Crippen molar-refractivity contribution in [1.29, 1.82) is 0 Å². The number of Topliss-reactive ketones (excluding diaryl/α,β-unsaturated/α-hetero) is 1. The topological polar surface area (TPSA) is 89.0 Å². The molecule has 1 atom stereocenters. The number of amides is 1. The zero-order valence-corrected chi connectivity index (χ0v) is 19.1. The standard InChI is InChI=1S/C27H26N2O5/c1-3-15-34-21-9-6-8-19(16-21)25(30)23-24(18-11-13-28-14-12-18)29(27(32)26(23)31)17-20-7-4-5-10-22(20)33-2/h4-14,16,24,30H,3,15,17H2,1-2H3/b25-23-. The highest BCUT2D eigenvalue weighted by Crippen LogP contribution is 2.41. The minimum absolute atomic E-state index is 0.0266. The minimum atomic E-state index is -0.784. The van der Waals surface area contributed by atoms with E-state index < -0.39 is 17.7 Å². The number of carbonyl (C=O) groups is 2. The van der Waals surface area contributed by atoms with Gasteiger partial charge in [-0.25, -0.2) is 0 Å². The average Bonchev–Trinajstić information content (AvgIpc) is 3.13. The van der Waals surface area contributed by atoms with Gasteiger partial charge in [0.2, 0.25) is 0 Å². The van der Waals surface area contributed by atoms with Crippen molar-refractivity contribution in [3.8, 4) is 11.5 Å². The summed E-state index contributed by atoms with van der Waals surface area (Å²) in [4.78, 5) is 31.9. The van der Waals surface area contributed by atoms with Crippen LogP contribution >= 0.6 is 0 Å². The number of likely N-dealkylation sites (tertiary alicyclic amines) is 1. The van der Waals surface area contributed by atoms with E-state index in [0.717, 1.165) is 12.0 Å². The van der Waals surface area contributed by atoms with E-state index in [9.17, 15) is 14.7 Å². The second kappa shape index (κ2) is 10.2. The molecular weight excluding hydrogens is 432 g/mol. The molecule has 2 heterocycles. The Morgan fingerprint density at radius 2 is 1.82 bits per heavy atom. The van der Waals surface area contributed by atoms with Crippen LogP contribution in [-0.4, -0.2) is 40.4 Å². The number of hydrogen-bond acceptors (Lipinski definition) is 6. The molecular formula is C27H26N2O5. The van der Waals surface area contributed by atoms with Gasteiger partial charge in [-0.2, -0.15) is 0 Å². The molecule has 0 spiro atoms. The van der Waals surface area contributed by atoms with Crippen LogP contribution < -0.4 is 9.47 Å². The molecule has 1 aromatic heterocycles. The van der Waals surface area contributed by atoms with Gasteiger partial charge in [0.25, 0.3) is 11.7 Å². The quantitative estimate of drug-likeness (QED) is 0.304. The molecule has 4 rings (SSSR count). The number of ether oxygens (including phenoxy) is 2. The van der Waals surface area contributed by atoms with Gasteiger partial charge in [0.05, 0.1) is 31.9 Å². The van der Waals surface area contributed by atoms with Crippen LogP contribution in [0.5, 0.6) is 11.5 Å². The Kier molecular flexibility index (Phi) is 6.92. The number of methoxy groups -OCH3 is 1. The Morgan fingerprint density at radius 3 is 2.56 bits per heavy atom. The Bertz CT molecular complexity index is 1220. The predicted octanol–water partition coefficient (Wildman–Crippen LogP) is 4.50. The molecule has 1 saturated heterocycles. The second-order valence-corrected chi connectivity index (χ2v) is 7.90. The number of ketones is 1. The van der Waals surface area contributed by atoms with Gasteiger partial charge in [0, 0.05) is 23.5 Å². The number of aliphatic hydroxyl groups is 1. The van der Waals surface area contributed by atoms with E-state index in [1.807, 2.05) is 25.1 Å². The average molecular weight is 459 g/mol. The van der Waals surface area contributed by atoms with Crippen LogP contribution in [0.1, 0.15) is 36.1 Å². The predicted molar refractivity (Wildman–Crippen MR) is 127 cm³/mol. The number of pyridine rings is 1. The molecule has 0 radical (unpaired) electrons. The third-order valence-corrected chi connectivity index (χ3v) is 5.68. The van der Waals surface area contributed by atoms with Crippen LogP contribution in [0, 0.1) is 0 Å². The summed E-state index contributed by atoms with van der Waals surface area (Å²) in [5.74, 6) is -0.486. The highest BCUT2D eigenvalue weighted by atomic mass is 16.5. The Hall–Kier alpha value is -4.13. The summed E-state index contributed by atoms with van der Waals surface area (Å²) >= 11 is 0. The van der Waals surface area contributed by atoms with Crippen LogP contribution in [0.25, 0.3) is 5.76 Å². The fourth-order valence-corrected chi connectivity index (χ4v) is 4.06. The lowest BCUT2D eigenvalue weighted by atomic mass is 9.95. The molecule has 1 unspecified atom stereocenters. The molecule has 7 nitrogen and oxygen atoms in total. The molecule has 3 aromatic rings. The molecule has 2 aromatic carbocycles. The van der Waals surface area contributed by atoms with Crippen LogP contribution in [0.2, 0.25) is 0 Å².